The van der Waals surface area contributed by atoms with Crippen LogP contribution in [0.1, 0.15) is 32.1 Å². The number of carbonyl (C=O) groups excluding carboxylic acids is 1. The van der Waals surface area contributed by atoms with Crippen LogP contribution in [-0.4, -0.2) is 44.2 Å². The number of amides is 1. The molecule has 4 nitrogen and oxygen atoms in total. The number of ether oxygens (including phenoxy) is 1. The third-order valence-electron chi connectivity index (χ3n) is 2.54. The molecule has 1 atom stereocenters. The molecule has 0 aromatic heterocycles. The van der Waals surface area contributed by atoms with Crippen molar-refractivity contribution in [2.24, 2.45) is 5.73 Å². The molecule has 0 aliphatic carbocycles. The third-order valence-corrected chi connectivity index (χ3v) is 3.24. The molecule has 0 bridgehead atoms. The maximum absolute atomic E-state index is 11.5. The van der Waals surface area contributed by atoms with Gasteiger partial charge in [0.15, 0.2) is 0 Å². The molecule has 17 heavy (non-hydrogen) atoms. The lowest BCUT2D eigenvalue weighted by Gasteiger charge is -2.11. The molecular formula is C12H26N2O2S. The maximum atomic E-state index is 11.5. The van der Waals surface area contributed by atoms with E-state index in [1.807, 2.05) is 11.8 Å². The van der Waals surface area contributed by atoms with E-state index in [1.165, 1.54) is 25.0 Å². The molecule has 0 saturated carbocycles. The Kier molecular flexibility index (Phi) is 12.0. The van der Waals surface area contributed by atoms with Gasteiger partial charge in [0, 0.05) is 20.3 Å². The largest absolute Gasteiger partial charge is 0.385 e. The summed E-state index contributed by atoms with van der Waals surface area (Å²) >= 11 is 1.88. The summed E-state index contributed by atoms with van der Waals surface area (Å²) in [5.74, 6) is 1.17. The van der Waals surface area contributed by atoms with Gasteiger partial charge in [0.1, 0.15) is 0 Å². The quantitative estimate of drug-likeness (QED) is 0.552. The average molecular weight is 262 g/mol. The number of nitrogens with two attached hydrogens (primary N) is 1. The molecule has 0 radical (unpaired) electrons. The van der Waals surface area contributed by atoms with Crippen molar-refractivity contribution in [2.75, 3.05) is 32.3 Å². The van der Waals surface area contributed by atoms with Gasteiger partial charge in [0.05, 0.1) is 6.04 Å². The Labute approximate surface area is 109 Å². The van der Waals surface area contributed by atoms with Crippen molar-refractivity contribution in [1.29, 1.82) is 0 Å². The zero-order valence-corrected chi connectivity index (χ0v) is 11.9. The summed E-state index contributed by atoms with van der Waals surface area (Å²) in [5.41, 5.74) is 5.69. The van der Waals surface area contributed by atoms with E-state index < -0.39 is 6.04 Å². The van der Waals surface area contributed by atoms with Gasteiger partial charge in [0.25, 0.3) is 0 Å². The van der Waals surface area contributed by atoms with Crippen molar-refractivity contribution in [3.05, 3.63) is 0 Å². The molecule has 0 aromatic rings. The average Bonchev–Trinajstić information content (AvgIpc) is 2.34. The molecule has 0 heterocycles. The van der Waals surface area contributed by atoms with Crippen LogP contribution >= 0.6 is 11.8 Å². The van der Waals surface area contributed by atoms with E-state index in [-0.39, 0.29) is 5.91 Å². The Bertz CT molecular complexity index is 191. The molecule has 0 saturated heterocycles. The second kappa shape index (κ2) is 12.2. The first kappa shape index (κ1) is 16.7. The van der Waals surface area contributed by atoms with Crippen molar-refractivity contribution >= 4 is 17.7 Å². The Balaban J connectivity index is 3.32. The Hall–Kier alpha value is -0.260. The highest BCUT2D eigenvalue weighted by Crippen LogP contribution is 2.03. The zero-order valence-electron chi connectivity index (χ0n) is 11.0. The van der Waals surface area contributed by atoms with Gasteiger partial charge in [0.2, 0.25) is 5.91 Å². The van der Waals surface area contributed by atoms with E-state index >= 15 is 0 Å². The number of carbonyl (C=O) groups is 1. The summed E-state index contributed by atoms with van der Waals surface area (Å²) in [6.07, 6.45) is 7.43. The van der Waals surface area contributed by atoms with Crippen LogP contribution in [0.3, 0.4) is 0 Å². The van der Waals surface area contributed by atoms with Crippen LogP contribution in [0.4, 0.5) is 0 Å². The molecule has 3 N–H and O–H groups in total. The summed E-state index contributed by atoms with van der Waals surface area (Å²) in [6.45, 7) is 1.27. The number of thioether (sulfide) groups is 1. The van der Waals surface area contributed by atoms with Crippen LogP contribution in [0.25, 0.3) is 0 Å². The highest BCUT2D eigenvalue weighted by atomic mass is 32.2. The number of rotatable bonds is 11. The van der Waals surface area contributed by atoms with Crippen molar-refractivity contribution < 1.29 is 9.53 Å². The molecule has 1 amide bonds. The summed E-state index contributed by atoms with van der Waals surface area (Å²) in [6, 6.07) is -0.438. The van der Waals surface area contributed by atoms with E-state index in [0.29, 0.717) is 13.0 Å². The molecule has 0 aliphatic rings. The lowest BCUT2D eigenvalue weighted by Crippen LogP contribution is -2.41. The molecule has 0 spiro atoms. The SMILES string of the molecule is COCCC(N)C(=O)NCCCCCCSC. The normalized spacial score (nSPS) is 12.4. The number of hydrogen-bond donors (Lipinski definition) is 2. The van der Waals surface area contributed by atoms with Gasteiger partial charge in [-0.2, -0.15) is 11.8 Å². The topological polar surface area (TPSA) is 64.3 Å². The smallest absolute Gasteiger partial charge is 0.237 e. The molecule has 102 valence electrons. The second-order valence-corrected chi connectivity index (χ2v) is 5.07. The summed E-state index contributed by atoms with van der Waals surface area (Å²) in [7, 11) is 1.61. The first-order chi connectivity index (χ1) is 8.22. The standard InChI is InChI=1S/C12H26N2O2S/c1-16-9-7-11(13)12(15)14-8-5-3-4-6-10-17-2/h11H,3-10,13H2,1-2H3,(H,14,15). The molecule has 1 unspecified atom stereocenters. The molecule has 0 aliphatic heterocycles. The van der Waals surface area contributed by atoms with Crippen molar-refractivity contribution in [3.63, 3.8) is 0 Å². The van der Waals surface area contributed by atoms with Gasteiger partial charge in [-0.05, 0) is 31.3 Å². The molecule has 0 fully saturated rings. The predicted octanol–water partition coefficient (Wildman–Crippen LogP) is 1.39. The lowest BCUT2D eigenvalue weighted by atomic mass is 10.2. The van der Waals surface area contributed by atoms with Crippen molar-refractivity contribution in [2.45, 2.75) is 38.1 Å². The first-order valence-corrected chi connectivity index (χ1v) is 7.63. The molecular weight excluding hydrogens is 236 g/mol. The van der Waals surface area contributed by atoms with Crippen LogP contribution in [0.15, 0.2) is 0 Å². The zero-order chi connectivity index (χ0) is 12.9. The van der Waals surface area contributed by atoms with E-state index in [4.69, 9.17) is 10.5 Å². The summed E-state index contributed by atoms with van der Waals surface area (Å²) < 4.78 is 4.88. The minimum Gasteiger partial charge on any atom is -0.385 e. The highest BCUT2D eigenvalue weighted by molar-refractivity contribution is 7.98. The van der Waals surface area contributed by atoms with Gasteiger partial charge in [-0.3, -0.25) is 4.79 Å². The Morgan fingerprint density at radius 1 is 1.35 bits per heavy atom. The van der Waals surface area contributed by atoms with Gasteiger partial charge in [-0.1, -0.05) is 12.8 Å². The van der Waals surface area contributed by atoms with Crippen LogP contribution in [0, 0.1) is 0 Å². The predicted molar refractivity (Wildman–Crippen MR) is 74.3 cm³/mol. The first-order valence-electron chi connectivity index (χ1n) is 6.23. The van der Waals surface area contributed by atoms with Crippen LogP contribution in [0.2, 0.25) is 0 Å². The van der Waals surface area contributed by atoms with Crippen LogP contribution in [0.5, 0.6) is 0 Å². The third kappa shape index (κ3) is 10.6. The van der Waals surface area contributed by atoms with E-state index in [2.05, 4.69) is 11.6 Å². The Morgan fingerprint density at radius 3 is 2.71 bits per heavy atom. The second-order valence-electron chi connectivity index (χ2n) is 4.09. The van der Waals surface area contributed by atoms with Gasteiger partial charge >= 0.3 is 0 Å². The minimum atomic E-state index is -0.438. The van der Waals surface area contributed by atoms with Crippen molar-refractivity contribution in [1.82, 2.24) is 5.32 Å². The van der Waals surface area contributed by atoms with Crippen molar-refractivity contribution in [3.8, 4) is 0 Å². The fraction of sp³-hybridized carbons (Fsp3) is 0.917. The lowest BCUT2D eigenvalue weighted by molar-refractivity contribution is -0.122. The van der Waals surface area contributed by atoms with Gasteiger partial charge < -0.3 is 15.8 Å². The molecule has 5 heteroatoms. The molecule has 0 aromatic carbocycles. The van der Waals surface area contributed by atoms with Gasteiger partial charge in [-0.25, -0.2) is 0 Å². The summed E-state index contributed by atoms with van der Waals surface area (Å²) in [5, 5.41) is 2.86. The molecule has 0 rings (SSSR count). The maximum Gasteiger partial charge on any atom is 0.237 e. The number of unbranched alkanes of at least 4 members (excludes halogenated alkanes) is 3. The van der Waals surface area contributed by atoms with Gasteiger partial charge in [-0.15, -0.1) is 0 Å². The van der Waals surface area contributed by atoms with E-state index in [1.54, 1.807) is 7.11 Å². The minimum absolute atomic E-state index is 0.0637. The summed E-state index contributed by atoms with van der Waals surface area (Å²) in [4.78, 5) is 11.5. The highest BCUT2D eigenvalue weighted by Gasteiger charge is 2.11. The number of nitrogens with one attached hydrogen (secondary N) is 1. The number of methoxy groups -OCH3 is 1. The van der Waals surface area contributed by atoms with E-state index in [9.17, 15) is 4.79 Å². The van der Waals surface area contributed by atoms with Crippen LogP contribution < -0.4 is 11.1 Å². The monoisotopic (exact) mass is 262 g/mol. The Morgan fingerprint density at radius 2 is 2.06 bits per heavy atom. The fourth-order valence-corrected chi connectivity index (χ4v) is 1.94. The van der Waals surface area contributed by atoms with Crippen LogP contribution in [-0.2, 0) is 9.53 Å². The van der Waals surface area contributed by atoms with E-state index in [0.717, 1.165) is 13.0 Å². The number of hydrogen-bond acceptors (Lipinski definition) is 4. The fourth-order valence-electron chi connectivity index (χ4n) is 1.44.